The van der Waals surface area contributed by atoms with Gasteiger partial charge in [-0.05, 0) is 37.1 Å². The van der Waals surface area contributed by atoms with Gasteiger partial charge in [0, 0.05) is 23.8 Å². The first-order valence-electron chi connectivity index (χ1n) is 8.79. The van der Waals surface area contributed by atoms with Gasteiger partial charge in [0.1, 0.15) is 6.04 Å². The van der Waals surface area contributed by atoms with Gasteiger partial charge in [-0.15, -0.1) is 11.8 Å². The lowest BCUT2D eigenvalue weighted by Gasteiger charge is -2.28. The van der Waals surface area contributed by atoms with E-state index < -0.39 is 6.04 Å². The van der Waals surface area contributed by atoms with Crippen LogP contribution in [-0.4, -0.2) is 35.6 Å². The average molecular weight is 449 g/mol. The van der Waals surface area contributed by atoms with E-state index in [-0.39, 0.29) is 11.8 Å². The minimum Gasteiger partial charge on any atom is -0.357 e. The topological polar surface area (TPSA) is 49.4 Å². The normalized spacial score (nSPS) is 11.7. The first-order chi connectivity index (χ1) is 12.9. The Bertz CT molecular complexity index is 763. The summed E-state index contributed by atoms with van der Waals surface area (Å²) in [5.41, 5.74) is 3.35. The Balaban J connectivity index is 2.02. The molecule has 0 bridgehead atoms. The maximum absolute atomic E-state index is 12.8. The van der Waals surface area contributed by atoms with Crippen molar-refractivity contribution in [3.05, 3.63) is 69.7 Å². The molecule has 0 fully saturated rings. The van der Waals surface area contributed by atoms with Crippen LogP contribution in [0.15, 0.2) is 53.0 Å². The number of halogens is 1. The summed E-state index contributed by atoms with van der Waals surface area (Å²) in [5, 5.41) is 2.64. The van der Waals surface area contributed by atoms with E-state index in [1.807, 2.05) is 55.5 Å². The van der Waals surface area contributed by atoms with Crippen molar-refractivity contribution >= 4 is 39.5 Å². The quantitative estimate of drug-likeness (QED) is 0.659. The number of thioether (sulfide) groups is 1. The number of benzene rings is 2. The number of aryl methyl sites for hydroxylation is 1. The number of likely N-dealkylation sites (N-methyl/N-ethyl adjacent to an activating group) is 1. The van der Waals surface area contributed by atoms with Crippen molar-refractivity contribution in [2.45, 2.75) is 32.2 Å². The third-order valence-corrected chi connectivity index (χ3v) is 5.81. The smallest absolute Gasteiger partial charge is 0.242 e. The molecule has 0 unspecified atom stereocenters. The molecule has 1 N–H and O–H groups in total. The van der Waals surface area contributed by atoms with Gasteiger partial charge >= 0.3 is 0 Å². The molecule has 27 heavy (non-hydrogen) atoms. The fourth-order valence-electron chi connectivity index (χ4n) is 2.60. The highest BCUT2D eigenvalue weighted by molar-refractivity contribution is 9.10. The molecule has 2 amide bonds. The van der Waals surface area contributed by atoms with Crippen molar-refractivity contribution in [3.63, 3.8) is 0 Å². The zero-order chi connectivity index (χ0) is 19.8. The van der Waals surface area contributed by atoms with Crippen LogP contribution >= 0.6 is 27.7 Å². The molecule has 0 heterocycles. The summed E-state index contributed by atoms with van der Waals surface area (Å²) < 4.78 is 1.04. The Morgan fingerprint density at radius 2 is 1.67 bits per heavy atom. The summed E-state index contributed by atoms with van der Waals surface area (Å²) in [7, 11) is 1.59. The molecule has 0 aliphatic rings. The lowest BCUT2D eigenvalue weighted by molar-refractivity contribution is -0.138. The van der Waals surface area contributed by atoms with Crippen LogP contribution in [0.2, 0.25) is 0 Å². The lowest BCUT2D eigenvalue weighted by Crippen LogP contribution is -2.47. The lowest BCUT2D eigenvalue weighted by atomic mass is 10.1. The highest BCUT2D eigenvalue weighted by Gasteiger charge is 2.25. The van der Waals surface area contributed by atoms with Gasteiger partial charge in [0.05, 0.1) is 5.75 Å². The van der Waals surface area contributed by atoms with Crippen LogP contribution in [0.25, 0.3) is 0 Å². The number of rotatable bonds is 8. The predicted molar refractivity (Wildman–Crippen MR) is 116 cm³/mol. The molecule has 0 aromatic heterocycles. The summed E-state index contributed by atoms with van der Waals surface area (Å²) in [4.78, 5) is 26.6. The number of amides is 2. The molecule has 2 aromatic rings. The maximum atomic E-state index is 12.8. The fraction of sp³-hybridized carbons (Fsp3) is 0.333. The molecule has 0 saturated heterocycles. The first-order valence-corrected chi connectivity index (χ1v) is 10.7. The van der Waals surface area contributed by atoms with Crippen LogP contribution in [0.3, 0.4) is 0 Å². The van der Waals surface area contributed by atoms with Crippen molar-refractivity contribution in [2.75, 3.05) is 12.8 Å². The Kier molecular flexibility index (Phi) is 8.38. The number of hydrogen-bond acceptors (Lipinski definition) is 3. The Hall–Kier alpha value is -1.79. The zero-order valence-corrected chi connectivity index (χ0v) is 18.3. The predicted octanol–water partition coefficient (Wildman–Crippen LogP) is 4.15. The highest BCUT2D eigenvalue weighted by Crippen LogP contribution is 2.18. The van der Waals surface area contributed by atoms with Crippen molar-refractivity contribution in [1.82, 2.24) is 10.2 Å². The second kappa shape index (κ2) is 10.5. The van der Waals surface area contributed by atoms with Gasteiger partial charge in [-0.2, -0.15) is 0 Å². The minimum absolute atomic E-state index is 0.0335. The molecule has 0 spiro atoms. The summed E-state index contributed by atoms with van der Waals surface area (Å²) in [6.07, 6.45) is 0. The summed E-state index contributed by atoms with van der Waals surface area (Å²) in [5.74, 6) is 0.900. The summed E-state index contributed by atoms with van der Waals surface area (Å²) in [6, 6.07) is 15.6. The summed E-state index contributed by atoms with van der Waals surface area (Å²) in [6.45, 7) is 4.22. The number of nitrogens with one attached hydrogen (secondary N) is 1. The minimum atomic E-state index is -0.517. The average Bonchev–Trinajstić information content (AvgIpc) is 2.67. The molecular formula is C21H25BrN2O2S. The molecule has 0 saturated carbocycles. The molecule has 6 heteroatoms. The molecule has 1 atom stereocenters. The van der Waals surface area contributed by atoms with Crippen LogP contribution in [0.5, 0.6) is 0 Å². The van der Waals surface area contributed by atoms with Crippen LogP contribution in [0.4, 0.5) is 0 Å². The Morgan fingerprint density at radius 3 is 2.26 bits per heavy atom. The van der Waals surface area contributed by atoms with Gasteiger partial charge in [0.2, 0.25) is 11.8 Å². The van der Waals surface area contributed by atoms with Crippen molar-refractivity contribution < 1.29 is 9.59 Å². The van der Waals surface area contributed by atoms with E-state index >= 15 is 0 Å². The number of hydrogen-bond donors (Lipinski definition) is 1. The van der Waals surface area contributed by atoms with E-state index in [1.54, 1.807) is 30.6 Å². The SMILES string of the molecule is CNC(=O)[C@@H](C)N(Cc1ccc(C)cc1)C(=O)CSCc1ccc(Br)cc1. The standard InChI is InChI=1S/C21H25BrN2O2S/c1-15-4-6-17(7-5-15)12-24(16(2)21(26)23-3)20(25)14-27-13-18-8-10-19(22)11-9-18/h4-11,16H,12-14H2,1-3H3,(H,23,26)/t16-/m1/s1. The van der Waals surface area contributed by atoms with Crippen molar-refractivity contribution in [3.8, 4) is 0 Å². The second-order valence-electron chi connectivity index (χ2n) is 6.42. The number of carbonyl (C=O) groups is 2. The molecule has 2 aromatic carbocycles. The van der Waals surface area contributed by atoms with Crippen LogP contribution in [-0.2, 0) is 21.9 Å². The van der Waals surface area contributed by atoms with Crippen LogP contribution < -0.4 is 5.32 Å². The van der Waals surface area contributed by atoms with E-state index in [0.717, 1.165) is 15.8 Å². The van der Waals surface area contributed by atoms with Gasteiger partial charge in [-0.1, -0.05) is 57.9 Å². The van der Waals surface area contributed by atoms with Gasteiger partial charge in [-0.25, -0.2) is 0 Å². The molecule has 0 aliphatic carbocycles. The van der Waals surface area contributed by atoms with E-state index in [2.05, 4.69) is 21.2 Å². The maximum Gasteiger partial charge on any atom is 0.242 e. The molecule has 0 radical (unpaired) electrons. The van der Waals surface area contributed by atoms with E-state index in [4.69, 9.17) is 0 Å². The first kappa shape index (κ1) is 21.5. The van der Waals surface area contributed by atoms with Gasteiger partial charge in [0.25, 0.3) is 0 Å². The molecule has 144 valence electrons. The summed E-state index contributed by atoms with van der Waals surface area (Å²) >= 11 is 4.98. The molecule has 2 rings (SSSR count). The Morgan fingerprint density at radius 1 is 1.07 bits per heavy atom. The van der Waals surface area contributed by atoms with Gasteiger partial charge < -0.3 is 10.2 Å². The molecular weight excluding hydrogens is 424 g/mol. The number of carbonyl (C=O) groups excluding carboxylic acids is 2. The van der Waals surface area contributed by atoms with Crippen LogP contribution in [0, 0.1) is 6.92 Å². The number of nitrogens with zero attached hydrogens (tertiary/aromatic N) is 1. The zero-order valence-electron chi connectivity index (χ0n) is 15.9. The third-order valence-electron chi connectivity index (χ3n) is 4.29. The molecule has 0 aliphatic heterocycles. The third kappa shape index (κ3) is 6.70. The largest absolute Gasteiger partial charge is 0.357 e. The monoisotopic (exact) mass is 448 g/mol. The molecule has 4 nitrogen and oxygen atoms in total. The van der Waals surface area contributed by atoms with Gasteiger partial charge in [0.15, 0.2) is 0 Å². The van der Waals surface area contributed by atoms with Gasteiger partial charge in [-0.3, -0.25) is 9.59 Å². The Labute approximate surface area is 173 Å². The highest BCUT2D eigenvalue weighted by atomic mass is 79.9. The second-order valence-corrected chi connectivity index (χ2v) is 8.32. The fourth-order valence-corrected chi connectivity index (χ4v) is 3.74. The van der Waals surface area contributed by atoms with E-state index in [1.165, 1.54) is 11.1 Å². The van der Waals surface area contributed by atoms with E-state index in [0.29, 0.717) is 12.3 Å². The van der Waals surface area contributed by atoms with Crippen molar-refractivity contribution in [1.29, 1.82) is 0 Å². The van der Waals surface area contributed by atoms with Crippen molar-refractivity contribution in [2.24, 2.45) is 0 Å². The van der Waals surface area contributed by atoms with E-state index in [9.17, 15) is 9.59 Å². The van der Waals surface area contributed by atoms with Crippen LogP contribution in [0.1, 0.15) is 23.6 Å².